The van der Waals surface area contributed by atoms with Crippen LogP contribution in [0.4, 0.5) is 0 Å². The smallest absolute Gasteiger partial charge is 0.265 e. The molecule has 1 amide bonds. The molecule has 0 atom stereocenters. The number of halogens is 1. The van der Waals surface area contributed by atoms with Gasteiger partial charge in [0.15, 0.2) is 0 Å². The van der Waals surface area contributed by atoms with Gasteiger partial charge in [-0.05, 0) is 24.3 Å². The Hall–Kier alpha value is -0.780. The molecular weight excluding hydrogens is 308 g/mol. The third kappa shape index (κ3) is 5.85. The summed E-state index contributed by atoms with van der Waals surface area (Å²) in [7, 11) is 1.59. The highest BCUT2D eigenvalue weighted by Crippen LogP contribution is 2.23. The van der Waals surface area contributed by atoms with Gasteiger partial charge >= 0.3 is 0 Å². The molecule has 0 radical (unpaired) electrons. The molecule has 6 heteroatoms. The van der Waals surface area contributed by atoms with Crippen molar-refractivity contribution in [2.45, 2.75) is 44.6 Å². The van der Waals surface area contributed by atoms with Crippen LogP contribution in [0.25, 0.3) is 0 Å². The largest absolute Gasteiger partial charge is 0.495 e. The molecule has 1 aliphatic rings. The third-order valence-corrected chi connectivity index (χ3v) is 4.65. The van der Waals surface area contributed by atoms with Crippen molar-refractivity contribution in [3.05, 3.63) is 16.3 Å². The average molecular weight is 333 g/mol. The maximum Gasteiger partial charge on any atom is 0.265 e. The molecule has 0 saturated heterocycles. The summed E-state index contributed by atoms with van der Waals surface area (Å²) >= 11 is 1.41. The Balaban J connectivity index is 0.00000220. The van der Waals surface area contributed by atoms with E-state index in [9.17, 15) is 4.79 Å². The van der Waals surface area contributed by atoms with Gasteiger partial charge in [-0.1, -0.05) is 25.7 Å². The van der Waals surface area contributed by atoms with Crippen LogP contribution in [-0.4, -0.2) is 32.1 Å². The number of nitrogens with one attached hydrogen (secondary N) is 2. The molecule has 1 fully saturated rings. The van der Waals surface area contributed by atoms with E-state index < -0.39 is 0 Å². The molecule has 4 nitrogen and oxygen atoms in total. The summed E-state index contributed by atoms with van der Waals surface area (Å²) < 4.78 is 5.16. The van der Waals surface area contributed by atoms with Crippen molar-refractivity contribution in [1.29, 1.82) is 0 Å². The molecule has 21 heavy (non-hydrogen) atoms. The number of carbonyl (C=O) groups is 1. The first kappa shape index (κ1) is 18.3. The van der Waals surface area contributed by atoms with Crippen LogP contribution in [0.3, 0.4) is 0 Å². The maximum absolute atomic E-state index is 12.0. The zero-order valence-corrected chi connectivity index (χ0v) is 14.2. The van der Waals surface area contributed by atoms with Gasteiger partial charge in [0.05, 0.1) is 7.11 Å². The van der Waals surface area contributed by atoms with Crippen molar-refractivity contribution in [2.24, 2.45) is 0 Å². The molecule has 1 heterocycles. The number of hydrogen-bond donors (Lipinski definition) is 2. The van der Waals surface area contributed by atoms with Crippen LogP contribution in [0.5, 0.6) is 5.75 Å². The second-order valence-corrected chi connectivity index (χ2v) is 6.13. The van der Waals surface area contributed by atoms with Crippen molar-refractivity contribution in [2.75, 3.05) is 20.2 Å². The predicted molar refractivity (Wildman–Crippen MR) is 89.9 cm³/mol. The zero-order valence-electron chi connectivity index (χ0n) is 12.5. The highest BCUT2D eigenvalue weighted by atomic mass is 35.5. The topological polar surface area (TPSA) is 50.4 Å². The maximum atomic E-state index is 12.0. The van der Waals surface area contributed by atoms with E-state index in [0.29, 0.717) is 23.2 Å². The molecule has 0 aliphatic heterocycles. The van der Waals surface area contributed by atoms with Gasteiger partial charge in [0.2, 0.25) is 0 Å². The van der Waals surface area contributed by atoms with Crippen molar-refractivity contribution >= 4 is 29.7 Å². The van der Waals surface area contributed by atoms with Gasteiger partial charge in [0.1, 0.15) is 10.6 Å². The Morgan fingerprint density at radius 3 is 2.67 bits per heavy atom. The summed E-state index contributed by atoms with van der Waals surface area (Å²) in [5, 5.41) is 8.36. The van der Waals surface area contributed by atoms with Gasteiger partial charge in [-0.25, -0.2) is 0 Å². The zero-order chi connectivity index (χ0) is 14.2. The minimum Gasteiger partial charge on any atom is -0.495 e. The van der Waals surface area contributed by atoms with Gasteiger partial charge in [-0.2, -0.15) is 0 Å². The van der Waals surface area contributed by atoms with E-state index in [1.165, 1.54) is 49.9 Å². The molecule has 1 saturated carbocycles. The van der Waals surface area contributed by atoms with E-state index in [1.54, 1.807) is 7.11 Å². The molecular formula is C15H25ClN2O2S. The Morgan fingerprint density at radius 2 is 2.00 bits per heavy atom. The lowest BCUT2D eigenvalue weighted by Crippen LogP contribution is -2.36. The predicted octanol–water partition coefficient (Wildman–Crippen LogP) is 3.22. The van der Waals surface area contributed by atoms with Crippen LogP contribution in [0, 0.1) is 0 Å². The summed E-state index contributed by atoms with van der Waals surface area (Å²) in [6.45, 7) is 1.50. The summed E-state index contributed by atoms with van der Waals surface area (Å²) in [6.07, 6.45) is 7.94. The first-order valence-electron chi connectivity index (χ1n) is 7.44. The van der Waals surface area contributed by atoms with Crippen molar-refractivity contribution in [3.63, 3.8) is 0 Å². The fraction of sp³-hybridized carbons (Fsp3) is 0.667. The van der Waals surface area contributed by atoms with Crippen LogP contribution in [0.15, 0.2) is 11.4 Å². The lowest BCUT2D eigenvalue weighted by atomic mass is 10.1. The molecule has 0 aromatic carbocycles. The van der Waals surface area contributed by atoms with Crippen molar-refractivity contribution in [1.82, 2.24) is 10.6 Å². The van der Waals surface area contributed by atoms with Gasteiger partial charge in [-0.15, -0.1) is 23.7 Å². The van der Waals surface area contributed by atoms with Crippen LogP contribution in [0.1, 0.15) is 48.2 Å². The highest BCUT2D eigenvalue weighted by molar-refractivity contribution is 7.12. The monoisotopic (exact) mass is 332 g/mol. The Morgan fingerprint density at radius 1 is 1.29 bits per heavy atom. The van der Waals surface area contributed by atoms with E-state index in [0.717, 1.165) is 6.54 Å². The fourth-order valence-corrected chi connectivity index (χ4v) is 3.41. The molecule has 0 bridgehead atoms. The number of hydrogen-bond acceptors (Lipinski definition) is 4. The lowest BCUT2D eigenvalue weighted by Gasteiger charge is -2.16. The SMILES string of the molecule is COc1ccsc1C(=O)NCCNC1CCCCCC1.Cl. The standard InChI is InChI=1S/C15H24N2O2S.ClH/c1-19-13-8-11-20-14(13)15(18)17-10-9-16-12-6-4-2-3-5-7-12;/h8,11-12,16H,2-7,9-10H2,1H3,(H,17,18);1H. The molecule has 2 rings (SSSR count). The van der Waals surface area contributed by atoms with E-state index in [1.807, 2.05) is 11.4 Å². The molecule has 1 aliphatic carbocycles. The summed E-state index contributed by atoms with van der Waals surface area (Å²) in [5.74, 6) is 0.615. The lowest BCUT2D eigenvalue weighted by molar-refractivity contribution is 0.0955. The first-order valence-corrected chi connectivity index (χ1v) is 8.32. The van der Waals surface area contributed by atoms with Gasteiger partial charge in [-0.3, -0.25) is 4.79 Å². The number of carbonyl (C=O) groups excluding carboxylic acids is 1. The average Bonchev–Trinajstić information content (AvgIpc) is 2.80. The van der Waals surface area contributed by atoms with Crippen LogP contribution in [-0.2, 0) is 0 Å². The van der Waals surface area contributed by atoms with Gasteiger partial charge in [0, 0.05) is 19.1 Å². The molecule has 120 valence electrons. The van der Waals surface area contributed by atoms with Crippen molar-refractivity contribution in [3.8, 4) is 5.75 Å². The molecule has 1 aromatic rings. The summed E-state index contributed by atoms with van der Waals surface area (Å²) in [5.41, 5.74) is 0. The molecule has 0 spiro atoms. The third-order valence-electron chi connectivity index (χ3n) is 3.75. The quantitative estimate of drug-likeness (QED) is 0.621. The Labute approximate surface area is 137 Å². The minimum atomic E-state index is -0.0421. The van der Waals surface area contributed by atoms with Crippen LogP contribution >= 0.6 is 23.7 Å². The van der Waals surface area contributed by atoms with E-state index in [-0.39, 0.29) is 18.3 Å². The fourth-order valence-electron chi connectivity index (χ4n) is 2.64. The highest BCUT2D eigenvalue weighted by Gasteiger charge is 2.14. The van der Waals surface area contributed by atoms with Crippen molar-refractivity contribution < 1.29 is 9.53 Å². The number of thiophene rings is 1. The minimum absolute atomic E-state index is 0. The Kier molecular flexibility index (Phi) is 8.73. The van der Waals surface area contributed by atoms with E-state index >= 15 is 0 Å². The molecule has 2 N–H and O–H groups in total. The first-order chi connectivity index (χ1) is 9.81. The van der Waals surface area contributed by atoms with Gasteiger partial charge in [0.25, 0.3) is 5.91 Å². The van der Waals surface area contributed by atoms with Crippen LogP contribution < -0.4 is 15.4 Å². The van der Waals surface area contributed by atoms with Crippen LogP contribution in [0.2, 0.25) is 0 Å². The number of rotatable bonds is 6. The van der Waals surface area contributed by atoms with Gasteiger partial charge < -0.3 is 15.4 Å². The second kappa shape index (κ2) is 10.0. The molecule has 1 aromatic heterocycles. The normalized spacial score (nSPS) is 15.9. The summed E-state index contributed by atoms with van der Waals surface area (Å²) in [6, 6.07) is 2.45. The number of methoxy groups -OCH3 is 1. The molecule has 0 unspecified atom stereocenters. The van der Waals surface area contributed by atoms with E-state index in [4.69, 9.17) is 4.74 Å². The summed E-state index contributed by atoms with van der Waals surface area (Å²) in [4.78, 5) is 12.6. The number of amides is 1. The number of ether oxygens (including phenoxy) is 1. The van der Waals surface area contributed by atoms with E-state index in [2.05, 4.69) is 10.6 Å². The Bertz CT molecular complexity index is 418. The second-order valence-electron chi connectivity index (χ2n) is 5.22.